The van der Waals surface area contributed by atoms with E-state index in [2.05, 4.69) is 4.98 Å². The van der Waals surface area contributed by atoms with Crippen molar-refractivity contribution in [2.45, 2.75) is 38.9 Å². The number of aliphatic hydroxyl groups is 1. The molecule has 1 aromatic carbocycles. The smallest absolute Gasteiger partial charge is 0.331 e. The molecule has 0 saturated carbocycles. The summed E-state index contributed by atoms with van der Waals surface area (Å²) in [6, 6.07) is 7.44. The molecule has 0 fully saturated rings. The molecular weight excluding hydrogens is 312 g/mol. The molecule has 0 aliphatic rings. The van der Waals surface area contributed by atoms with Crippen molar-refractivity contribution in [3.05, 3.63) is 35.5 Å². The van der Waals surface area contributed by atoms with Crippen LogP contribution in [-0.4, -0.2) is 28.8 Å². The Labute approximate surface area is 140 Å². The minimum Gasteiger partial charge on any atom is -0.436 e. The van der Waals surface area contributed by atoms with Crippen molar-refractivity contribution in [2.24, 2.45) is 0 Å². The van der Waals surface area contributed by atoms with E-state index in [1.54, 1.807) is 33.6 Å². The van der Waals surface area contributed by atoms with Crippen LogP contribution in [0.3, 0.4) is 0 Å². The average Bonchev–Trinajstić information content (AvgIpc) is 2.85. The molecule has 6 heteroatoms. The van der Waals surface area contributed by atoms with Crippen LogP contribution >= 0.6 is 11.6 Å². The number of aromatic nitrogens is 1. The van der Waals surface area contributed by atoms with Gasteiger partial charge in [-0.15, -0.1) is 0 Å². The number of benzene rings is 1. The normalized spacial score (nSPS) is 13.0. The Morgan fingerprint density at radius 1 is 1.22 bits per heavy atom. The minimum atomic E-state index is -0.989. The van der Waals surface area contributed by atoms with Crippen LogP contribution in [0.2, 0.25) is 5.02 Å². The van der Waals surface area contributed by atoms with E-state index in [9.17, 15) is 5.11 Å². The molecule has 0 aliphatic heterocycles. The van der Waals surface area contributed by atoms with Crippen molar-refractivity contribution in [1.29, 1.82) is 0 Å². The first kappa shape index (κ1) is 16.3. The van der Waals surface area contributed by atoms with Gasteiger partial charge in [0.05, 0.1) is 16.2 Å². The maximum atomic E-state index is 10.2. The number of halogens is 1. The Morgan fingerprint density at radius 3 is 2.65 bits per heavy atom. The number of para-hydroxylation sites is 1. The molecule has 3 aromatic rings. The number of nitrogens with zero attached hydrogens (tertiary/aromatic N) is 1. The number of fused-ring (bicyclic) bond motifs is 3. The summed E-state index contributed by atoms with van der Waals surface area (Å²) in [5.74, 6) is 0. The fourth-order valence-corrected chi connectivity index (χ4v) is 2.38. The molecule has 2 heterocycles. The molecule has 3 rings (SSSR count). The van der Waals surface area contributed by atoms with Crippen LogP contribution in [0.25, 0.3) is 22.1 Å². The molecule has 0 bridgehead atoms. The molecule has 0 amide bonds. The summed E-state index contributed by atoms with van der Waals surface area (Å²) in [5.41, 5.74) is 0.205. The summed E-state index contributed by atoms with van der Waals surface area (Å²) < 4.78 is 11.6. The van der Waals surface area contributed by atoms with Crippen molar-refractivity contribution in [2.75, 3.05) is 0 Å². The molecule has 4 nitrogen and oxygen atoms in total. The van der Waals surface area contributed by atoms with Crippen LogP contribution in [0.15, 0.2) is 34.9 Å². The molecule has 23 heavy (non-hydrogen) atoms. The maximum Gasteiger partial charge on any atom is 0.331 e. The predicted molar refractivity (Wildman–Crippen MR) is 93.4 cm³/mol. The maximum absolute atomic E-state index is 10.2. The Kier molecular flexibility index (Phi) is 3.91. The van der Waals surface area contributed by atoms with E-state index in [4.69, 9.17) is 20.7 Å². The summed E-state index contributed by atoms with van der Waals surface area (Å²) in [4.78, 5) is 4.26. The summed E-state index contributed by atoms with van der Waals surface area (Å²) in [6.45, 7) is 7.12. The molecule has 0 aliphatic carbocycles. The summed E-state index contributed by atoms with van der Waals surface area (Å²) in [5, 5.41) is 12.5. The fraction of sp³-hybridized carbons (Fsp3) is 0.353. The first-order valence-electron chi connectivity index (χ1n) is 7.40. The van der Waals surface area contributed by atoms with Gasteiger partial charge < -0.3 is 14.2 Å². The minimum absolute atomic E-state index is 0.506. The second-order valence-electron chi connectivity index (χ2n) is 6.60. The standard InChI is InChI=1S/C17H18BClNO3/c1-16(2,21)17(3,4)23-18-11-8-9-20-15-13(11)10-6-5-7-12(19)14(10)22-15/h5-9,21H,1-4H3. The highest BCUT2D eigenvalue weighted by Crippen LogP contribution is 2.31. The van der Waals surface area contributed by atoms with E-state index in [-0.39, 0.29) is 0 Å². The van der Waals surface area contributed by atoms with Gasteiger partial charge in [-0.2, -0.15) is 0 Å². The van der Waals surface area contributed by atoms with Crippen molar-refractivity contribution in [1.82, 2.24) is 4.98 Å². The third-order valence-electron chi connectivity index (χ3n) is 4.34. The highest BCUT2D eigenvalue weighted by atomic mass is 35.5. The topological polar surface area (TPSA) is 55.5 Å². The van der Waals surface area contributed by atoms with Crippen LogP contribution in [0.4, 0.5) is 0 Å². The Balaban J connectivity index is 2.05. The van der Waals surface area contributed by atoms with Crippen LogP contribution in [0, 0.1) is 0 Å². The monoisotopic (exact) mass is 330 g/mol. The SMILES string of the molecule is CC(C)(O)C(C)(C)O[B]c1ccnc2oc3c(Cl)cccc3c12. The molecule has 0 saturated heterocycles. The van der Waals surface area contributed by atoms with Crippen LogP contribution in [-0.2, 0) is 4.65 Å². The summed E-state index contributed by atoms with van der Waals surface area (Å²) >= 11 is 6.19. The zero-order chi connectivity index (χ0) is 16.8. The first-order chi connectivity index (χ1) is 10.7. The van der Waals surface area contributed by atoms with Gasteiger partial charge in [0.2, 0.25) is 5.71 Å². The largest absolute Gasteiger partial charge is 0.436 e. The van der Waals surface area contributed by atoms with Gasteiger partial charge in [0, 0.05) is 17.0 Å². The Morgan fingerprint density at radius 2 is 1.96 bits per heavy atom. The molecule has 119 valence electrons. The van der Waals surface area contributed by atoms with Crippen molar-refractivity contribution < 1.29 is 14.2 Å². The van der Waals surface area contributed by atoms with Gasteiger partial charge in [-0.05, 0) is 45.3 Å². The lowest BCUT2D eigenvalue weighted by Gasteiger charge is -2.37. The van der Waals surface area contributed by atoms with Gasteiger partial charge in [-0.1, -0.05) is 23.7 Å². The van der Waals surface area contributed by atoms with E-state index >= 15 is 0 Å². The zero-order valence-corrected chi connectivity index (χ0v) is 14.3. The third-order valence-corrected chi connectivity index (χ3v) is 4.64. The van der Waals surface area contributed by atoms with E-state index in [1.807, 2.05) is 32.0 Å². The lowest BCUT2D eigenvalue weighted by Crippen LogP contribution is -2.49. The molecule has 0 spiro atoms. The third kappa shape index (κ3) is 2.85. The molecule has 0 atom stereocenters. The highest BCUT2D eigenvalue weighted by molar-refractivity contribution is 6.53. The van der Waals surface area contributed by atoms with Crippen LogP contribution in [0.1, 0.15) is 27.7 Å². The van der Waals surface area contributed by atoms with Gasteiger partial charge in [-0.25, -0.2) is 4.98 Å². The van der Waals surface area contributed by atoms with Gasteiger partial charge in [0.25, 0.3) is 0 Å². The molecular formula is C17H18BClNO3. The van der Waals surface area contributed by atoms with Crippen LogP contribution < -0.4 is 5.46 Å². The van der Waals surface area contributed by atoms with E-state index in [1.165, 1.54) is 0 Å². The first-order valence-corrected chi connectivity index (χ1v) is 7.78. The highest BCUT2D eigenvalue weighted by Gasteiger charge is 2.36. The van der Waals surface area contributed by atoms with Crippen LogP contribution in [0.5, 0.6) is 0 Å². The Hall–Kier alpha value is -1.56. The van der Waals surface area contributed by atoms with Gasteiger partial charge in [0.1, 0.15) is 0 Å². The second kappa shape index (κ2) is 5.51. The lowest BCUT2D eigenvalue weighted by molar-refractivity contribution is -0.0893. The second-order valence-corrected chi connectivity index (χ2v) is 7.01. The molecule has 0 unspecified atom stereocenters. The van der Waals surface area contributed by atoms with Crippen molar-refractivity contribution in [3.8, 4) is 0 Å². The number of hydrogen-bond donors (Lipinski definition) is 1. The number of hydrogen-bond acceptors (Lipinski definition) is 4. The Bertz CT molecular complexity index is 867. The fourth-order valence-electron chi connectivity index (χ4n) is 2.16. The summed E-state index contributed by atoms with van der Waals surface area (Å²) in [7, 11) is 1.64. The molecule has 1 radical (unpaired) electrons. The van der Waals surface area contributed by atoms with E-state index in [0.29, 0.717) is 16.3 Å². The predicted octanol–water partition coefficient (Wildman–Crippen LogP) is 3.45. The molecule has 1 N–H and O–H groups in total. The number of pyridine rings is 1. The number of rotatable bonds is 4. The molecule has 2 aromatic heterocycles. The zero-order valence-electron chi connectivity index (χ0n) is 13.6. The van der Waals surface area contributed by atoms with Gasteiger partial charge in [-0.3, -0.25) is 0 Å². The van der Waals surface area contributed by atoms with Gasteiger partial charge >= 0.3 is 7.48 Å². The average molecular weight is 331 g/mol. The van der Waals surface area contributed by atoms with Crippen molar-refractivity contribution in [3.63, 3.8) is 0 Å². The van der Waals surface area contributed by atoms with E-state index in [0.717, 1.165) is 16.2 Å². The van der Waals surface area contributed by atoms with Gasteiger partial charge in [0.15, 0.2) is 5.58 Å². The summed E-state index contributed by atoms with van der Waals surface area (Å²) in [6.07, 6.45) is 1.66. The lowest BCUT2D eigenvalue weighted by atomic mass is 9.81. The van der Waals surface area contributed by atoms with Crippen molar-refractivity contribution >= 4 is 46.6 Å². The van der Waals surface area contributed by atoms with E-state index < -0.39 is 11.2 Å². The number of furan rings is 1. The quantitative estimate of drug-likeness (QED) is 0.745.